The van der Waals surface area contributed by atoms with Crippen molar-refractivity contribution in [1.82, 2.24) is 19.9 Å². The van der Waals surface area contributed by atoms with E-state index in [0.717, 1.165) is 5.56 Å². The summed E-state index contributed by atoms with van der Waals surface area (Å²) in [5.41, 5.74) is 2.20. The van der Waals surface area contributed by atoms with E-state index >= 15 is 0 Å². The molecular formula is C19H20Cl2N6O2S2. The number of fused-ring (bicyclic) bond motifs is 1. The lowest BCUT2D eigenvalue weighted by atomic mass is 10.2. The van der Waals surface area contributed by atoms with E-state index in [1.165, 1.54) is 18.1 Å². The third-order valence-corrected chi connectivity index (χ3v) is 7.57. The summed E-state index contributed by atoms with van der Waals surface area (Å²) in [5.74, 6) is 2.84. The van der Waals surface area contributed by atoms with Crippen molar-refractivity contribution in [1.29, 1.82) is 0 Å². The highest BCUT2D eigenvalue weighted by atomic mass is 35.5. The smallest absolute Gasteiger partial charge is 0.225 e. The third-order valence-electron chi connectivity index (χ3n) is 4.68. The van der Waals surface area contributed by atoms with Gasteiger partial charge in [0, 0.05) is 57.7 Å². The molecule has 0 radical (unpaired) electrons. The molecule has 0 saturated carbocycles. The van der Waals surface area contributed by atoms with E-state index in [-0.39, 0.29) is 6.61 Å². The molecule has 0 bridgehead atoms. The number of aliphatic hydroxyl groups is 1. The van der Waals surface area contributed by atoms with Crippen molar-refractivity contribution in [3.05, 3.63) is 40.1 Å². The molecule has 1 saturated heterocycles. The SMILES string of the molecule is O=S1CCN(c2nc(NCCO)nc3c(SCc4ccc(Cl)cc4Cl)ncnc23)CC1. The Morgan fingerprint density at radius 1 is 1.16 bits per heavy atom. The van der Waals surface area contributed by atoms with Crippen LogP contribution in [0.3, 0.4) is 0 Å². The molecular weight excluding hydrogens is 479 g/mol. The molecule has 4 rings (SSSR count). The average molecular weight is 499 g/mol. The molecule has 12 heteroatoms. The molecule has 0 amide bonds. The second kappa shape index (κ2) is 10.3. The highest BCUT2D eigenvalue weighted by Crippen LogP contribution is 2.33. The second-order valence-electron chi connectivity index (χ2n) is 6.76. The summed E-state index contributed by atoms with van der Waals surface area (Å²) in [6.45, 7) is 1.54. The van der Waals surface area contributed by atoms with Crippen molar-refractivity contribution in [2.45, 2.75) is 10.8 Å². The Morgan fingerprint density at radius 2 is 1.97 bits per heavy atom. The highest BCUT2D eigenvalue weighted by Gasteiger charge is 2.22. The predicted octanol–water partition coefficient (Wildman–Crippen LogP) is 2.99. The van der Waals surface area contributed by atoms with E-state index in [4.69, 9.17) is 23.2 Å². The van der Waals surface area contributed by atoms with Gasteiger partial charge in [0.1, 0.15) is 22.4 Å². The molecule has 1 aliphatic rings. The average Bonchev–Trinajstić information content (AvgIpc) is 2.77. The van der Waals surface area contributed by atoms with Crippen LogP contribution >= 0.6 is 35.0 Å². The summed E-state index contributed by atoms with van der Waals surface area (Å²) in [6.07, 6.45) is 1.50. The zero-order chi connectivity index (χ0) is 21.8. The molecule has 1 fully saturated rings. The highest BCUT2D eigenvalue weighted by molar-refractivity contribution is 7.98. The van der Waals surface area contributed by atoms with Crippen molar-refractivity contribution < 1.29 is 9.32 Å². The number of nitrogens with zero attached hydrogens (tertiary/aromatic N) is 5. The van der Waals surface area contributed by atoms with Crippen LogP contribution in [0.2, 0.25) is 10.0 Å². The van der Waals surface area contributed by atoms with Gasteiger partial charge in [-0.2, -0.15) is 4.98 Å². The van der Waals surface area contributed by atoms with Gasteiger partial charge in [0.15, 0.2) is 5.82 Å². The van der Waals surface area contributed by atoms with Gasteiger partial charge in [-0.1, -0.05) is 41.0 Å². The summed E-state index contributed by atoms with van der Waals surface area (Å²) in [4.78, 5) is 20.2. The molecule has 1 aliphatic heterocycles. The minimum absolute atomic E-state index is 0.0403. The lowest BCUT2D eigenvalue weighted by Gasteiger charge is -2.28. The number of rotatable bonds is 7. The summed E-state index contributed by atoms with van der Waals surface area (Å²) < 4.78 is 11.8. The fourth-order valence-corrected chi connectivity index (χ4v) is 5.67. The molecule has 2 aromatic heterocycles. The van der Waals surface area contributed by atoms with Gasteiger partial charge in [-0.15, -0.1) is 0 Å². The van der Waals surface area contributed by atoms with Crippen LogP contribution in [-0.4, -0.2) is 67.0 Å². The summed E-state index contributed by atoms with van der Waals surface area (Å²) in [7, 11) is -0.804. The number of aliphatic hydroxyl groups excluding tert-OH is 1. The molecule has 31 heavy (non-hydrogen) atoms. The molecule has 1 aromatic carbocycles. The standard InChI is InChI=1S/C19H20Cl2N6O2S2/c20-13-2-1-12(14(21)9-13)10-30-18-16-15(23-11-24-18)17(26-19(25-16)22-3-6-28)27-4-7-31(29)8-5-27/h1-2,9,11,28H,3-8,10H2,(H,22,25,26). The zero-order valence-electron chi connectivity index (χ0n) is 16.4. The maximum absolute atomic E-state index is 11.8. The fourth-order valence-electron chi connectivity index (χ4n) is 3.12. The second-order valence-corrected chi connectivity index (χ2v) is 10.3. The van der Waals surface area contributed by atoms with Gasteiger partial charge in [-0.3, -0.25) is 4.21 Å². The number of halogens is 2. The van der Waals surface area contributed by atoms with Gasteiger partial charge in [-0.25, -0.2) is 15.0 Å². The monoisotopic (exact) mass is 498 g/mol. The summed E-state index contributed by atoms with van der Waals surface area (Å²) in [5, 5.41) is 14.1. The number of anilines is 2. The van der Waals surface area contributed by atoms with Crippen LogP contribution in [0, 0.1) is 0 Å². The number of hydrogen-bond donors (Lipinski definition) is 2. The van der Waals surface area contributed by atoms with Crippen molar-refractivity contribution in [2.24, 2.45) is 0 Å². The lowest BCUT2D eigenvalue weighted by molar-refractivity contribution is 0.311. The van der Waals surface area contributed by atoms with E-state index in [2.05, 4.69) is 30.2 Å². The van der Waals surface area contributed by atoms with Gasteiger partial charge in [-0.05, 0) is 17.7 Å². The Labute approximate surface area is 196 Å². The van der Waals surface area contributed by atoms with E-state index in [1.54, 1.807) is 12.1 Å². The van der Waals surface area contributed by atoms with Crippen LogP contribution in [0.1, 0.15) is 5.56 Å². The van der Waals surface area contributed by atoms with Crippen LogP contribution in [0.15, 0.2) is 29.6 Å². The van der Waals surface area contributed by atoms with E-state index < -0.39 is 10.8 Å². The number of hydrogen-bond acceptors (Lipinski definition) is 9. The molecule has 3 aromatic rings. The molecule has 164 valence electrons. The maximum Gasteiger partial charge on any atom is 0.225 e. The third kappa shape index (κ3) is 5.38. The van der Waals surface area contributed by atoms with Gasteiger partial charge in [0.25, 0.3) is 0 Å². The first-order valence-corrected chi connectivity index (χ1v) is 12.8. The quantitative estimate of drug-likeness (QED) is 0.375. The Hall–Kier alpha value is -1.72. The first-order chi connectivity index (χ1) is 15.0. The molecule has 2 N–H and O–H groups in total. The predicted molar refractivity (Wildman–Crippen MR) is 127 cm³/mol. The topological polar surface area (TPSA) is 104 Å². The van der Waals surface area contributed by atoms with E-state index in [0.29, 0.717) is 74.8 Å². The van der Waals surface area contributed by atoms with Crippen molar-refractivity contribution in [3.8, 4) is 0 Å². The normalized spacial score (nSPS) is 14.9. The largest absolute Gasteiger partial charge is 0.395 e. The Bertz CT molecular complexity index is 1110. The van der Waals surface area contributed by atoms with Crippen LogP contribution in [0.5, 0.6) is 0 Å². The van der Waals surface area contributed by atoms with Crippen molar-refractivity contribution in [2.75, 3.05) is 48.0 Å². The maximum atomic E-state index is 11.8. The van der Waals surface area contributed by atoms with Gasteiger partial charge >= 0.3 is 0 Å². The van der Waals surface area contributed by atoms with Crippen molar-refractivity contribution in [3.63, 3.8) is 0 Å². The van der Waals surface area contributed by atoms with Crippen LogP contribution in [0.25, 0.3) is 11.0 Å². The van der Waals surface area contributed by atoms with Crippen LogP contribution < -0.4 is 10.2 Å². The number of thioether (sulfide) groups is 1. The van der Waals surface area contributed by atoms with Crippen LogP contribution in [-0.2, 0) is 16.6 Å². The van der Waals surface area contributed by atoms with Gasteiger partial charge < -0.3 is 15.3 Å². The first-order valence-electron chi connectivity index (χ1n) is 9.59. The lowest BCUT2D eigenvalue weighted by Crippen LogP contribution is -2.38. The Kier molecular flexibility index (Phi) is 7.44. The van der Waals surface area contributed by atoms with E-state index in [1.807, 2.05) is 6.07 Å². The molecule has 0 unspecified atom stereocenters. The molecule has 0 atom stereocenters. The number of nitrogens with one attached hydrogen (secondary N) is 1. The molecule has 0 spiro atoms. The zero-order valence-corrected chi connectivity index (χ0v) is 19.6. The van der Waals surface area contributed by atoms with E-state index in [9.17, 15) is 9.32 Å². The molecule has 0 aliphatic carbocycles. The minimum Gasteiger partial charge on any atom is -0.395 e. The minimum atomic E-state index is -0.804. The van der Waals surface area contributed by atoms with Crippen LogP contribution in [0.4, 0.5) is 11.8 Å². The van der Waals surface area contributed by atoms with Gasteiger partial charge in [0.05, 0.1) is 6.61 Å². The fraction of sp³-hybridized carbons (Fsp3) is 0.368. The molecule has 8 nitrogen and oxygen atoms in total. The van der Waals surface area contributed by atoms with Gasteiger partial charge in [0.2, 0.25) is 5.95 Å². The first kappa shape index (κ1) is 22.5. The van der Waals surface area contributed by atoms with Crippen molar-refractivity contribution >= 4 is 68.6 Å². The number of aromatic nitrogens is 4. The number of benzene rings is 1. The molecule has 3 heterocycles. The summed E-state index contributed by atoms with van der Waals surface area (Å²) >= 11 is 13.8. The Balaban J connectivity index is 1.70. The summed E-state index contributed by atoms with van der Waals surface area (Å²) in [6, 6.07) is 5.41. The Morgan fingerprint density at radius 3 is 2.71 bits per heavy atom.